The highest BCUT2D eigenvalue weighted by atomic mass is 32.1. The Morgan fingerprint density at radius 1 is 1.70 bits per heavy atom. The summed E-state index contributed by atoms with van der Waals surface area (Å²) in [6, 6.07) is 3.12. The fourth-order valence-electron chi connectivity index (χ4n) is 0.558. The van der Waals surface area contributed by atoms with Gasteiger partial charge in [-0.15, -0.1) is 0 Å². The van der Waals surface area contributed by atoms with Crippen molar-refractivity contribution < 1.29 is 4.39 Å². The van der Waals surface area contributed by atoms with E-state index < -0.39 is 5.95 Å². The molecule has 10 heavy (non-hydrogen) atoms. The van der Waals surface area contributed by atoms with Gasteiger partial charge in [-0.05, 0) is 6.07 Å². The van der Waals surface area contributed by atoms with Crippen LogP contribution in [0.25, 0.3) is 0 Å². The molecular formula is C6H3FN2S. The van der Waals surface area contributed by atoms with Crippen molar-refractivity contribution in [2.45, 2.75) is 0 Å². The highest BCUT2D eigenvalue weighted by Crippen LogP contribution is 2.02. The molecule has 0 spiro atoms. The van der Waals surface area contributed by atoms with E-state index in [2.05, 4.69) is 17.2 Å². The van der Waals surface area contributed by atoms with E-state index in [1.165, 1.54) is 12.3 Å². The summed E-state index contributed by atoms with van der Waals surface area (Å²) in [4.78, 5) is 2.24. The summed E-state index contributed by atoms with van der Waals surface area (Å²) in [5.41, 5.74) is -0.0995. The van der Waals surface area contributed by atoms with Gasteiger partial charge in [-0.3, -0.25) is 0 Å². The Labute approximate surface area is 61.9 Å². The Kier molecular flexibility index (Phi) is 1.78. The summed E-state index contributed by atoms with van der Waals surface area (Å²) in [6.45, 7) is 0. The molecular weight excluding hydrogens is 151 g/mol. The van der Waals surface area contributed by atoms with Crippen LogP contribution in [0.3, 0.4) is 0 Å². The minimum absolute atomic E-state index is 0.0995. The average Bonchev–Trinajstić information content (AvgIpc) is 1.88. The van der Waals surface area contributed by atoms with Crippen LogP contribution in [0.2, 0.25) is 0 Å². The predicted octanol–water partition coefficient (Wildman–Crippen LogP) is 1.75. The van der Waals surface area contributed by atoms with E-state index in [0.717, 1.165) is 0 Å². The van der Waals surface area contributed by atoms with Crippen LogP contribution in [-0.2, 0) is 0 Å². The van der Waals surface area contributed by atoms with Gasteiger partial charge in [-0.2, -0.15) is 9.65 Å². The number of H-pyrrole nitrogens is 1. The number of nitrogens with zero attached hydrogens (tertiary/aromatic N) is 1. The van der Waals surface area contributed by atoms with Crippen LogP contribution in [0.4, 0.5) is 4.39 Å². The van der Waals surface area contributed by atoms with Crippen molar-refractivity contribution in [3.8, 4) is 6.07 Å². The molecule has 4 heteroatoms. The molecule has 0 aliphatic rings. The van der Waals surface area contributed by atoms with Gasteiger partial charge < -0.3 is 4.98 Å². The minimum Gasteiger partial charge on any atom is -0.337 e. The zero-order chi connectivity index (χ0) is 7.56. The number of aromatic amines is 1. The lowest BCUT2D eigenvalue weighted by molar-refractivity contribution is 0.579. The van der Waals surface area contributed by atoms with E-state index in [4.69, 9.17) is 5.26 Å². The quantitative estimate of drug-likeness (QED) is 0.456. The first-order valence-corrected chi connectivity index (χ1v) is 2.94. The highest BCUT2D eigenvalue weighted by Gasteiger charge is 1.99. The van der Waals surface area contributed by atoms with Gasteiger partial charge in [-0.25, -0.2) is 0 Å². The predicted molar refractivity (Wildman–Crippen MR) is 36.3 cm³/mol. The molecule has 1 aromatic heterocycles. The van der Waals surface area contributed by atoms with Gasteiger partial charge in [0.2, 0.25) is 5.95 Å². The molecule has 1 aromatic rings. The SMILES string of the molecule is N#Cc1c(F)[nH]ccc1=S. The van der Waals surface area contributed by atoms with Crippen molar-refractivity contribution in [2.75, 3.05) is 0 Å². The van der Waals surface area contributed by atoms with Crippen molar-refractivity contribution in [1.82, 2.24) is 4.98 Å². The average molecular weight is 154 g/mol. The van der Waals surface area contributed by atoms with E-state index in [-0.39, 0.29) is 10.1 Å². The van der Waals surface area contributed by atoms with Crippen LogP contribution in [0, 0.1) is 21.8 Å². The number of pyridine rings is 1. The molecule has 1 N–H and O–H groups in total. The molecule has 0 aromatic carbocycles. The Hall–Kier alpha value is -1.21. The maximum Gasteiger partial charge on any atom is 0.210 e. The molecule has 0 saturated carbocycles. The highest BCUT2D eigenvalue weighted by molar-refractivity contribution is 7.71. The number of nitriles is 1. The fraction of sp³-hybridized carbons (Fsp3) is 0. The fourth-order valence-corrected chi connectivity index (χ4v) is 0.762. The third-order valence-corrected chi connectivity index (χ3v) is 1.36. The second-order valence-electron chi connectivity index (χ2n) is 1.64. The molecule has 0 aliphatic carbocycles. The molecule has 0 atom stereocenters. The first-order valence-electron chi connectivity index (χ1n) is 2.53. The van der Waals surface area contributed by atoms with Crippen LogP contribution in [-0.4, -0.2) is 4.98 Å². The third-order valence-electron chi connectivity index (χ3n) is 1.02. The second kappa shape index (κ2) is 2.58. The molecule has 1 heterocycles. The van der Waals surface area contributed by atoms with Crippen LogP contribution >= 0.6 is 12.2 Å². The number of nitrogens with one attached hydrogen (secondary N) is 1. The molecule has 0 aliphatic heterocycles. The van der Waals surface area contributed by atoms with E-state index in [1.54, 1.807) is 6.07 Å². The number of hydrogen-bond donors (Lipinski definition) is 1. The summed E-state index contributed by atoms with van der Waals surface area (Å²) in [5.74, 6) is -0.671. The lowest BCUT2D eigenvalue weighted by Gasteiger charge is -1.89. The summed E-state index contributed by atoms with van der Waals surface area (Å²) < 4.78 is 12.7. The van der Waals surface area contributed by atoms with Gasteiger partial charge in [0.25, 0.3) is 0 Å². The van der Waals surface area contributed by atoms with Gasteiger partial charge in [0.15, 0.2) is 0 Å². The minimum atomic E-state index is -0.671. The zero-order valence-electron chi connectivity index (χ0n) is 4.89. The zero-order valence-corrected chi connectivity index (χ0v) is 5.70. The van der Waals surface area contributed by atoms with Gasteiger partial charge in [-0.1, -0.05) is 12.2 Å². The lowest BCUT2D eigenvalue weighted by Crippen LogP contribution is -1.87. The monoisotopic (exact) mass is 154 g/mol. The standard InChI is InChI=1S/C6H3FN2S/c7-6-4(3-8)5(10)1-2-9-6/h1-2H,(H,9,10). The number of rotatable bonds is 0. The molecule has 0 fully saturated rings. The topological polar surface area (TPSA) is 39.6 Å². The van der Waals surface area contributed by atoms with E-state index in [1.807, 2.05) is 0 Å². The van der Waals surface area contributed by atoms with Crippen molar-refractivity contribution >= 4 is 12.2 Å². The van der Waals surface area contributed by atoms with Gasteiger partial charge in [0.1, 0.15) is 11.6 Å². The maximum atomic E-state index is 12.5. The Bertz CT molecular complexity index is 336. The van der Waals surface area contributed by atoms with Gasteiger partial charge >= 0.3 is 0 Å². The molecule has 50 valence electrons. The lowest BCUT2D eigenvalue weighted by atomic mass is 10.3. The molecule has 0 amide bonds. The summed E-state index contributed by atoms with van der Waals surface area (Å²) in [7, 11) is 0. The molecule has 0 radical (unpaired) electrons. The van der Waals surface area contributed by atoms with E-state index in [9.17, 15) is 4.39 Å². The first kappa shape index (κ1) is 6.90. The van der Waals surface area contributed by atoms with Crippen LogP contribution in [0.15, 0.2) is 12.3 Å². The second-order valence-corrected chi connectivity index (χ2v) is 2.08. The van der Waals surface area contributed by atoms with Crippen molar-refractivity contribution in [3.05, 3.63) is 28.3 Å². The number of halogens is 1. The molecule has 2 nitrogen and oxygen atoms in total. The smallest absolute Gasteiger partial charge is 0.210 e. The maximum absolute atomic E-state index is 12.5. The first-order chi connectivity index (χ1) is 4.75. The van der Waals surface area contributed by atoms with Crippen molar-refractivity contribution in [2.24, 2.45) is 0 Å². The van der Waals surface area contributed by atoms with Crippen LogP contribution in [0.5, 0.6) is 0 Å². The Morgan fingerprint density at radius 3 is 2.80 bits per heavy atom. The normalized spacial score (nSPS) is 8.80. The van der Waals surface area contributed by atoms with E-state index >= 15 is 0 Å². The third kappa shape index (κ3) is 1.04. The van der Waals surface area contributed by atoms with Crippen LogP contribution in [0.1, 0.15) is 5.56 Å². The molecule has 0 bridgehead atoms. The van der Waals surface area contributed by atoms with Gasteiger partial charge in [0, 0.05) is 6.20 Å². The van der Waals surface area contributed by atoms with Gasteiger partial charge in [0.05, 0.1) is 4.51 Å². The Balaban J connectivity index is 3.50. The van der Waals surface area contributed by atoms with Crippen molar-refractivity contribution in [3.63, 3.8) is 0 Å². The molecule has 0 saturated heterocycles. The van der Waals surface area contributed by atoms with Crippen molar-refractivity contribution in [1.29, 1.82) is 5.26 Å². The Morgan fingerprint density at radius 2 is 2.40 bits per heavy atom. The summed E-state index contributed by atoms with van der Waals surface area (Å²) in [6.07, 6.45) is 1.36. The molecule has 1 rings (SSSR count). The number of aromatic nitrogens is 1. The summed E-state index contributed by atoms with van der Waals surface area (Å²) in [5, 5.41) is 8.32. The molecule has 0 unspecified atom stereocenters. The summed E-state index contributed by atoms with van der Waals surface area (Å²) >= 11 is 4.66. The number of hydrogen-bond acceptors (Lipinski definition) is 2. The van der Waals surface area contributed by atoms with Crippen LogP contribution < -0.4 is 0 Å². The largest absolute Gasteiger partial charge is 0.337 e. The van der Waals surface area contributed by atoms with E-state index in [0.29, 0.717) is 0 Å².